The van der Waals surface area contributed by atoms with Crippen LogP contribution in [0.1, 0.15) is 58.9 Å². The number of carbonyl (C=O) groups is 2. The normalized spacial score (nSPS) is 11.0. The number of para-hydroxylation sites is 1. The van der Waals surface area contributed by atoms with E-state index in [1.54, 1.807) is 4.90 Å². The fraction of sp³-hybridized carbons (Fsp3) is 0.520. The lowest BCUT2D eigenvalue weighted by Gasteiger charge is -2.27. The summed E-state index contributed by atoms with van der Waals surface area (Å²) in [6.45, 7) is 10.7. The summed E-state index contributed by atoms with van der Waals surface area (Å²) in [4.78, 5) is 56.5. The van der Waals surface area contributed by atoms with E-state index < -0.39 is 11.2 Å². The topological polar surface area (TPSA) is 121 Å². The number of rotatable bonds is 11. The van der Waals surface area contributed by atoms with Gasteiger partial charge in [-0.05, 0) is 37.8 Å². The highest BCUT2D eigenvalue weighted by Gasteiger charge is 2.26. The molecule has 1 heterocycles. The van der Waals surface area contributed by atoms with Gasteiger partial charge in [-0.2, -0.15) is 0 Å². The van der Waals surface area contributed by atoms with Crippen LogP contribution in [0.2, 0.25) is 0 Å². The highest BCUT2D eigenvalue weighted by Crippen LogP contribution is 2.22. The lowest BCUT2D eigenvalue weighted by molar-refractivity contribution is -0.123. The molecule has 0 unspecified atom stereocenters. The van der Waals surface area contributed by atoms with Crippen molar-refractivity contribution in [1.82, 2.24) is 9.55 Å². The van der Waals surface area contributed by atoms with Gasteiger partial charge in [0.15, 0.2) is 5.69 Å². The van der Waals surface area contributed by atoms with Crippen LogP contribution < -0.4 is 26.8 Å². The molecule has 1 aromatic heterocycles. The van der Waals surface area contributed by atoms with E-state index in [0.29, 0.717) is 19.5 Å². The molecule has 34 heavy (non-hydrogen) atoms. The summed E-state index contributed by atoms with van der Waals surface area (Å²) < 4.78 is 1.29. The Hall–Kier alpha value is -3.36. The number of aromatic nitrogens is 2. The number of nitrogens with zero attached hydrogens (tertiary/aromatic N) is 3. The van der Waals surface area contributed by atoms with Crippen molar-refractivity contribution in [3.63, 3.8) is 0 Å². The molecule has 9 nitrogen and oxygen atoms in total. The first-order chi connectivity index (χ1) is 16.1. The van der Waals surface area contributed by atoms with Crippen molar-refractivity contribution in [2.24, 2.45) is 5.92 Å². The number of aryl methyl sites for hydroxylation is 1. The van der Waals surface area contributed by atoms with E-state index in [9.17, 15) is 19.2 Å². The van der Waals surface area contributed by atoms with Crippen LogP contribution in [0.25, 0.3) is 0 Å². The predicted molar refractivity (Wildman–Crippen MR) is 136 cm³/mol. The minimum atomic E-state index is -0.703. The van der Waals surface area contributed by atoms with Crippen LogP contribution >= 0.6 is 0 Å². The van der Waals surface area contributed by atoms with Gasteiger partial charge in [-0.1, -0.05) is 45.4 Å². The van der Waals surface area contributed by atoms with Crippen molar-refractivity contribution in [3.8, 4) is 0 Å². The molecule has 2 amide bonds. The summed E-state index contributed by atoms with van der Waals surface area (Å²) in [6, 6.07) is 7.59. The molecule has 3 N–H and O–H groups in total. The van der Waals surface area contributed by atoms with Gasteiger partial charge in [0.1, 0.15) is 5.82 Å². The second-order valence-corrected chi connectivity index (χ2v) is 8.82. The molecule has 2 aromatic rings. The molecule has 0 spiro atoms. The first-order valence-electron chi connectivity index (χ1n) is 11.9. The van der Waals surface area contributed by atoms with Gasteiger partial charge in [0.25, 0.3) is 5.56 Å². The lowest BCUT2D eigenvalue weighted by Crippen LogP contribution is -2.43. The zero-order valence-corrected chi connectivity index (χ0v) is 20.9. The summed E-state index contributed by atoms with van der Waals surface area (Å²) >= 11 is 0. The molecule has 0 aliphatic carbocycles. The van der Waals surface area contributed by atoms with Gasteiger partial charge in [0.2, 0.25) is 11.8 Å². The van der Waals surface area contributed by atoms with E-state index in [1.165, 1.54) is 9.47 Å². The summed E-state index contributed by atoms with van der Waals surface area (Å²) in [6.07, 6.45) is 1.45. The number of nitrogens with one attached hydrogen (secondary N) is 1. The zero-order chi connectivity index (χ0) is 25.4. The van der Waals surface area contributed by atoms with Crippen molar-refractivity contribution >= 4 is 29.0 Å². The Morgan fingerprint density at radius 1 is 1.06 bits per heavy atom. The largest absolute Gasteiger partial charge is 0.383 e. The molecule has 0 bridgehead atoms. The molecule has 0 saturated heterocycles. The maximum Gasteiger partial charge on any atom is 0.330 e. The minimum absolute atomic E-state index is 0.0110. The number of nitrogens with two attached hydrogens (primary N) is 1. The van der Waals surface area contributed by atoms with Crippen LogP contribution in [0, 0.1) is 12.8 Å². The Labute approximate surface area is 200 Å². The van der Waals surface area contributed by atoms with E-state index in [4.69, 9.17) is 5.73 Å². The van der Waals surface area contributed by atoms with E-state index in [0.717, 1.165) is 17.7 Å². The smallest absolute Gasteiger partial charge is 0.330 e. The summed E-state index contributed by atoms with van der Waals surface area (Å²) in [7, 11) is 0. The number of aromatic amines is 1. The highest BCUT2D eigenvalue weighted by molar-refractivity contribution is 6.00. The van der Waals surface area contributed by atoms with Crippen molar-refractivity contribution in [2.75, 3.05) is 28.6 Å². The number of H-pyrrole nitrogens is 1. The fourth-order valence-corrected chi connectivity index (χ4v) is 3.89. The third kappa shape index (κ3) is 6.36. The number of carbonyl (C=O) groups excluding carboxylic acids is 2. The van der Waals surface area contributed by atoms with Crippen LogP contribution in [-0.2, 0) is 16.1 Å². The predicted octanol–water partition coefficient (Wildman–Crippen LogP) is 3.05. The van der Waals surface area contributed by atoms with E-state index in [1.807, 2.05) is 58.9 Å². The number of hydrogen-bond donors (Lipinski definition) is 2. The Morgan fingerprint density at radius 2 is 1.68 bits per heavy atom. The SMILES string of the molecule is CCCCn1c(N)c(N(CC(C)C)C(=O)CCC(=O)N(CC)c2ccccc2C)c(=O)[nH]c1=O. The van der Waals surface area contributed by atoms with Crippen LogP contribution in [0.4, 0.5) is 17.2 Å². The molecule has 0 atom stereocenters. The standard InChI is InChI=1S/C25H37N5O4/c1-6-8-15-29-23(26)22(24(33)27-25(29)34)30(16-17(3)4)21(32)14-13-20(31)28(7-2)19-12-10-9-11-18(19)5/h9-12,17H,6-8,13-16,26H2,1-5H3,(H,27,33,34). The Balaban J connectivity index is 2.32. The maximum absolute atomic E-state index is 13.3. The molecule has 0 saturated carbocycles. The highest BCUT2D eigenvalue weighted by atomic mass is 16.2. The molecule has 186 valence electrons. The van der Waals surface area contributed by atoms with Crippen LogP contribution in [0.5, 0.6) is 0 Å². The van der Waals surface area contributed by atoms with E-state index in [2.05, 4.69) is 4.98 Å². The molecule has 2 rings (SSSR count). The van der Waals surface area contributed by atoms with E-state index >= 15 is 0 Å². The summed E-state index contributed by atoms with van der Waals surface area (Å²) in [5.74, 6) is -0.559. The lowest BCUT2D eigenvalue weighted by atomic mass is 10.1. The van der Waals surface area contributed by atoms with Gasteiger partial charge < -0.3 is 15.5 Å². The number of hydrogen-bond acceptors (Lipinski definition) is 5. The Bertz CT molecular complexity index is 1120. The molecular weight excluding hydrogens is 434 g/mol. The van der Waals surface area contributed by atoms with Crippen LogP contribution in [0.3, 0.4) is 0 Å². The van der Waals surface area contributed by atoms with Gasteiger partial charge >= 0.3 is 5.69 Å². The van der Waals surface area contributed by atoms with Gasteiger partial charge in [-0.15, -0.1) is 0 Å². The van der Waals surface area contributed by atoms with Crippen LogP contribution in [0.15, 0.2) is 33.9 Å². The molecule has 1 aromatic carbocycles. The first-order valence-corrected chi connectivity index (χ1v) is 11.9. The van der Waals surface area contributed by atoms with Crippen molar-refractivity contribution in [1.29, 1.82) is 0 Å². The molecule has 0 radical (unpaired) electrons. The molecule has 0 aliphatic rings. The molecular formula is C25H37N5O4. The van der Waals surface area contributed by atoms with Crippen molar-refractivity contribution in [3.05, 3.63) is 50.7 Å². The number of benzene rings is 1. The average Bonchev–Trinajstić information content (AvgIpc) is 2.78. The minimum Gasteiger partial charge on any atom is -0.383 e. The number of unbranched alkanes of at least 4 members (excludes halogenated alkanes) is 1. The Kier molecular flexibility index (Phi) is 9.65. The monoisotopic (exact) mass is 471 g/mol. The summed E-state index contributed by atoms with van der Waals surface area (Å²) in [5, 5.41) is 0. The number of amides is 2. The van der Waals surface area contributed by atoms with E-state index in [-0.39, 0.29) is 48.6 Å². The molecule has 0 fully saturated rings. The van der Waals surface area contributed by atoms with Gasteiger partial charge in [0.05, 0.1) is 0 Å². The van der Waals surface area contributed by atoms with Crippen molar-refractivity contribution in [2.45, 2.75) is 66.8 Å². The molecule has 0 aliphatic heterocycles. The Morgan fingerprint density at radius 3 is 2.24 bits per heavy atom. The summed E-state index contributed by atoms with van der Waals surface area (Å²) in [5.41, 5.74) is 6.68. The third-order valence-corrected chi connectivity index (χ3v) is 5.64. The fourth-order valence-electron chi connectivity index (χ4n) is 3.89. The van der Waals surface area contributed by atoms with Gasteiger partial charge in [-0.25, -0.2) is 4.79 Å². The number of anilines is 3. The molecule has 9 heteroatoms. The quantitative estimate of drug-likeness (QED) is 0.522. The van der Waals surface area contributed by atoms with Crippen molar-refractivity contribution < 1.29 is 9.59 Å². The van der Waals surface area contributed by atoms with Crippen LogP contribution in [-0.4, -0.2) is 34.5 Å². The van der Waals surface area contributed by atoms with Gasteiger partial charge in [-0.3, -0.25) is 23.9 Å². The number of nitrogen functional groups attached to an aromatic ring is 1. The van der Waals surface area contributed by atoms with Gasteiger partial charge in [0, 0.05) is 38.2 Å². The second-order valence-electron chi connectivity index (χ2n) is 8.82. The second kappa shape index (κ2) is 12.2. The maximum atomic E-state index is 13.3. The average molecular weight is 472 g/mol. The third-order valence-electron chi connectivity index (χ3n) is 5.64. The zero-order valence-electron chi connectivity index (χ0n) is 20.9. The first kappa shape index (κ1) is 26.9.